The SMILES string of the molecule is COc1cc2c(cc1-c1cccc(NC(=O)NCCNC(=O)CCOCCN)c1)-c1c(c(C(=O)N3CCOCC3(C)C)nn1-c1cc(Cl)cc(Cl)c1)CO2. The van der Waals surface area contributed by atoms with Gasteiger partial charge >= 0.3 is 6.03 Å². The molecule has 2 aliphatic heterocycles. The number of rotatable bonds is 13. The van der Waals surface area contributed by atoms with Crippen LogP contribution in [0.4, 0.5) is 10.5 Å². The van der Waals surface area contributed by atoms with E-state index in [1.165, 1.54) is 0 Å². The Morgan fingerprint density at radius 2 is 1.78 bits per heavy atom. The maximum absolute atomic E-state index is 14.3. The van der Waals surface area contributed by atoms with Crippen molar-refractivity contribution < 1.29 is 33.3 Å². The highest BCUT2D eigenvalue weighted by atomic mass is 35.5. The summed E-state index contributed by atoms with van der Waals surface area (Å²) in [6.07, 6.45) is 0.210. The van der Waals surface area contributed by atoms with Crippen molar-refractivity contribution in [2.75, 3.05) is 65.0 Å². The number of anilines is 1. The number of nitrogens with zero attached hydrogens (tertiary/aromatic N) is 3. The molecular formula is C38H43Cl2N7O7. The number of benzene rings is 3. The van der Waals surface area contributed by atoms with E-state index in [-0.39, 0.29) is 50.2 Å². The molecule has 54 heavy (non-hydrogen) atoms. The van der Waals surface area contributed by atoms with E-state index in [0.29, 0.717) is 88.2 Å². The summed E-state index contributed by atoms with van der Waals surface area (Å²) in [4.78, 5) is 40.8. The highest BCUT2D eigenvalue weighted by Crippen LogP contribution is 2.47. The molecule has 0 aliphatic carbocycles. The topological polar surface area (TPSA) is 171 Å². The van der Waals surface area contributed by atoms with E-state index in [9.17, 15) is 14.4 Å². The molecule has 0 bridgehead atoms. The third kappa shape index (κ3) is 8.74. The fourth-order valence-corrected chi connectivity index (χ4v) is 6.93. The monoisotopic (exact) mass is 779 g/mol. The maximum atomic E-state index is 14.3. The van der Waals surface area contributed by atoms with Gasteiger partial charge in [-0.15, -0.1) is 0 Å². The van der Waals surface area contributed by atoms with Crippen LogP contribution in [0.15, 0.2) is 54.6 Å². The van der Waals surface area contributed by atoms with Crippen molar-refractivity contribution in [2.24, 2.45) is 5.73 Å². The number of methoxy groups -OCH3 is 1. The second-order valence-corrected chi connectivity index (χ2v) is 14.2. The molecule has 1 saturated heterocycles. The van der Waals surface area contributed by atoms with E-state index in [1.54, 1.807) is 47.0 Å². The Kier molecular flexibility index (Phi) is 12.3. The van der Waals surface area contributed by atoms with Crippen LogP contribution < -0.4 is 31.2 Å². The van der Waals surface area contributed by atoms with Gasteiger partial charge in [-0.3, -0.25) is 9.59 Å². The number of carbonyl (C=O) groups is 3. The van der Waals surface area contributed by atoms with Gasteiger partial charge in [0.2, 0.25) is 5.91 Å². The molecule has 5 N–H and O–H groups in total. The Labute approximate surface area is 323 Å². The Morgan fingerprint density at radius 1 is 1.00 bits per heavy atom. The molecule has 1 aromatic heterocycles. The quantitative estimate of drug-likeness (QED) is 0.132. The van der Waals surface area contributed by atoms with Gasteiger partial charge < -0.3 is 45.5 Å². The van der Waals surface area contributed by atoms with E-state index < -0.39 is 11.6 Å². The first-order chi connectivity index (χ1) is 26.0. The van der Waals surface area contributed by atoms with Crippen LogP contribution in [0.25, 0.3) is 28.1 Å². The van der Waals surface area contributed by atoms with E-state index >= 15 is 0 Å². The Morgan fingerprint density at radius 3 is 2.52 bits per heavy atom. The molecule has 6 rings (SSSR count). The van der Waals surface area contributed by atoms with Gasteiger partial charge in [0.05, 0.1) is 50.5 Å². The molecular weight excluding hydrogens is 737 g/mol. The van der Waals surface area contributed by atoms with E-state index in [2.05, 4.69) is 16.0 Å². The minimum atomic E-state index is -0.550. The van der Waals surface area contributed by atoms with E-state index in [4.69, 9.17) is 53.0 Å². The van der Waals surface area contributed by atoms with Gasteiger partial charge in [-0.05, 0) is 55.8 Å². The van der Waals surface area contributed by atoms with Crippen LogP contribution in [0.2, 0.25) is 10.0 Å². The summed E-state index contributed by atoms with van der Waals surface area (Å²) in [6, 6.07) is 15.7. The molecule has 3 aromatic carbocycles. The van der Waals surface area contributed by atoms with Crippen LogP contribution in [-0.4, -0.2) is 97.8 Å². The second-order valence-electron chi connectivity index (χ2n) is 13.3. The summed E-state index contributed by atoms with van der Waals surface area (Å²) < 4.78 is 24.7. The molecule has 4 amide bonds. The molecule has 0 radical (unpaired) electrons. The van der Waals surface area contributed by atoms with Crippen molar-refractivity contribution in [2.45, 2.75) is 32.4 Å². The predicted octanol–water partition coefficient (Wildman–Crippen LogP) is 5.27. The average molecular weight is 781 g/mol. The molecule has 14 nitrogen and oxygen atoms in total. The number of hydrogen-bond donors (Lipinski definition) is 4. The van der Waals surface area contributed by atoms with Crippen LogP contribution in [0, 0.1) is 0 Å². The lowest BCUT2D eigenvalue weighted by atomic mass is 9.95. The molecule has 286 valence electrons. The third-order valence-corrected chi connectivity index (χ3v) is 9.43. The molecule has 4 aromatic rings. The summed E-state index contributed by atoms with van der Waals surface area (Å²) in [5.74, 6) is 0.652. The van der Waals surface area contributed by atoms with Crippen molar-refractivity contribution in [1.82, 2.24) is 25.3 Å². The zero-order valence-electron chi connectivity index (χ0n) is 30.3. The van der Waals surface area contributed by atoms with Gasteiger partial charge in [0.25, 0.3) is 5.91 Å². The van der Waals surface area contributed by atoms with Gasteiger partial charge in [0.15, 0.2) is 5.69 Å². The van der Waals surface area contributed by atoms with Gasteiger partial charge in [-0.25, -0.2) is 9.48 Å². The fourth-order valence-electron chi connectivity index (χ4n) is 6.41. The molecule has 1 fully saturated rings. The number of amides is 4. The third-order valence-electron chi connectivity index (χ3n) is 9.00. The Balaban J connectivity index is 1.29. The Bertz CT molecular complexity index is 2020. The van der Waals surface area contributed by atoms with Crippen LogP contribution in [0.5, 0.6) is 11.5 Å². The average Bonchev–Trinajstić information content (AvgIpc) is 3.54. The lowest BCUT2D eigenvalue weighted by molar-refractivity contribution is -0.122. The first-order valence-electron chi connectivity index (χ1n) is 17.5. The number of fused-ring (bicyclic) bond motifs is 3. The van der Waals surface area contributed by atoms with Gasteiger partial charge in [0, 0.05) is 71.1 Å². The van der Waals surface area contributed by atoms with Crippen LogP contribution >= 0.6 is 23.2 Å². The molecule has 3 heterocycles. The van der Waals surface area contributed by atoms with Crippen molar-refractivity contribution in [3.63, 3.8) is 0 Å². The molecule has 0 atom stereocenters. The zero-order chi connectivity index (χ0) is 38.4. The largest absolute Gasteiger partial charge is 0.496 e. The molecule has 0 spiro atoms. The number of urea groups is 1. The summed E-state index contributed by atoms with van der Waals surface area (Å²) in [6.45, 7) is 6.81. The van der Waals surface area contributed by atoms with Crippen molar-refractivity contribution in [1.29, 1.82) is 0 Å². The number of nitrogens with two attached hydrogens (primary N) is 1. The summed E-state index contributed by atoms with van der Waals surface area (Å²) in [7, 11) is 1.57. The van der Waals surface area contributed by atoms with E-state index in [1.807, 2.05) is 38.1 Å². The van der Waals surface area contributed by atoms with Gasteiger partial charge in [-0.1, -0.05) is 35.3 Å². The molecule has 0 saturated carbocycles. The van der Waals surface area contributed by atoms with Crippen LogP contribution in [0.1, 0.15) is 36.3 Å². The smallest absolute Gasteiger partial charge is 0.319 e. The number of morpholine rings is 1. The predicted molar refractivity (Wildman–Crippen MR) is 206 cm³/mol. The minimum Gasteiger partial charge on any atom is -0.496 e. The summed E-state index contributed by atoms with van der Waals surface area (Å²) >= 11 is 12.9. The fraction of sp³-hybridized carbons (Fsp3) is 0.368. The van der Waals surface area contributed by atoms with Gasteiger partial charge in [-0.2, -0.15) is 5.10 Å². The summed E-state index contributed by atoms with van der Waals surface area (Å²) in [5, 5.41) is 14.1. The molecule has 2 aliphatic rings. The normalized spacial score (nSPS) is 14.4. The number of hydrogen-bond acceptors (Lipinski definition) is 9. The molecule has 0 unspecified atom stereocenters. The lowest BCUT2D eigenvalue weighted by Crippen LogP contribution is -2.55. The van der Waals surface area contributed by atoms with Crippen LogP contribution in [0.3, 0.4) is 0 Å². The highest BCUT2D eigenvalue weighted by Gasteiger charge is 2.39. The number of ether oxygens (including phenoxy) is 4. The Hall–Kier alpha value is -4.86. The number of nitrogens with one attached hydrogen (secondary N) is 3. The second kappa shape index (κ2) is 17.1. The minimum absolute atomic E-state index is 0.0897. The van der Waals surface area contributed by atoms with Crippen molar-refractivity contribution in [3.8, 4) is 39.6 Å². The highest BCUT2D eigenvalue weighted by molar-refractivity contribution is 6.34. The lowest BCUT2D eigenvalue weighted by Gasteiger charge is -2.41. The van der Waals surface area contributed by atoms with Crippen molar-refractivity contribution >= 4 is 46.7 Å². The molecule has 16 heteroatoms. The first kappa shape index (κ1) is 38.9. The number of halogens is 2. The van der Waals surface area contributed by atoms with E-state index in [0.717, 1.165) is 5.56 Å². The number of aromatic nitrogens is 2. The summed E-state index contributed by atoms with van der Waals surface area (Å²) in [5.41, 5.74) is 9.57. The van der Waals surface area contributed by atoms with Crippen LogP contribution in [-0.2, 0) is 20.9 Å². The standard InChI is InChI=1S/C38H43Cl2N7O7/c1-38(2)22-53-14-11-46(38)36(49)34-30-21-54-32-20-31(51-3)28(19-29(32)35(30)47(45-34)27-17-24(39)16-25(40)18-27)23-5-4-6-26(15-23)44-37(50)43-10-9-42-33(48)7-12-52-13-8-41/h4-6,15-20H,7-14,21-22,41H2,1-3H3,(H,42,48)(H2,43,44,50). The maximum Gasteiger partial charge on any atom is 0.319 e. The van der Waals surface area contributed by atoms with Crippen molar-refractivity contribution in [3.05, 3.63) is 75.9 Å². The first-order valence-corrected chi connectivity index (χ1v) is 18.3. The van der Waals surface area contributed by atoms with Gasteiger partial charge in [0.1, 0.15) is 18.1 Å². The zero-order valence-corrected chi connectivity index (χ0v) is 31.8. The number of carbonyl (C=O) groups excluding carboxylic acids is 3.